The third-order valence-electron chi connectivity index (χ3n) is 4.90. The van der Waals surface area contributed by atoms with Gasteiger partial charge in [-0.1, -0.05) is 39.8 Å². The molecule has 4 heteroatoms. The topological polar surface area (TPSA) is 46.9 Å². The van der Waals surface area contributed by atoms with Crippen LogP contribution in [0.1, 0.15) is 59.2 Å². The van der Waals surface area contributed by atoms with Gasteiger partial charge in [0.15, 0.2) is 0 Å². The molecule has 1 amide bonds. The van der Waals surface area contributed by atoms with Crippen molar-refractivity contribution >= 4 is 16.9 Å². The summed E-state index contributed by atoms with van der Waals surface area (Å²) in [5, 5.41) is 3.08. The molecule has 0 bridgehead atoms. The summed E-state index contributed by atoms with van der Waals surface area (Å²) in [5.74, 6) is 2.15. The van der Waals surface area contributed by atoms with Crippen LogP contribution in [0.25, 0.3) is 11.0 Å². The second kappa shape index (κ2) is 9.59. The number of para-hydroxylation sites is 2. The van der Waals surface area contributed by atoms with Gasteiger partial charge in [0.05, 0.1) is 11.0 Å². The van der Waals surface area contributed by atoms with E-state index in [0.29, 0.717) is 5.92 Å². The molecule has 1 aromatic heterocycles. The summed E-state index contributed by atoms with van der Waals surface area (Å²) in [5.41, 5.74) is 2.29. The normalized spacial score (nSPS) is 11.6. The number of benzene rings is 1. The average Bonchev–Trinajstić information content (AvgIpc) is 2.95. The molecule has 1 aromatic carbocycles. The Balaban J connectivity index is 1.98. The number of hydrogen-bond donors (Lipinski definition) is 1. The zero-order valence-corrected chi connectivity index (χ0v) is 16.2. The van der Waals surface area contributed by atoms with Gasteiger partial charge in [-0.15, -0.1) is 0 Å². The monoisotopic (exact) mass is 343 g/mol. The predicted molar refractivity (Wildman–Crippen MR) is 105 cm³/mol. The molecule has 0 fully saturated rings. The molecule has 0 radical (unpaired) electrons. The highest BCUT2D eigenvalue weighted by Gasteiger charge is 2.14. The first kappa shape index (κ1) is 19.5. The SMILES string of the molecule is CCC(CC)C(=O)NCCCc1nc2ccccc2n1CCC(C)C. The van der Waals surface area contributed by atoms with Crippen molar-refractivity contribution in [3.63, 3.8) is 0 Å². The first-order chi connectivity index (χ1) is 12.1. The van der Waals surface area contributed by atoms with Crippen molar-refractivity contribution in [3.8, 4) is 0 Å². The van der Waals surface area contributed by atoms with E-state index in [9.17, 15) is 4.79 Å². The highest BCUT2D eigenvalue weighted by molar-refractivity contribution is 5.78. The number of aryl methyl sites for hydroxylation is 2. The molecule has 0 aliphatic carbocycles. The maximum atomic E-state index is 12.1. The van der Waals surface area contributed by atoms with E-state index < -0.39 is 0 Å². The standard InChI is InChI=1S/C21H33N3O/c1-5-17(6-2)21(25)22-14-9-12-20-23-18-10-7-8-11-19(18)24(20)15-13-16(3)4/h7-8,10-11,16-17H,5-6,9,12-15H2,1-4H3,(H,22,25). The van der Waals surface area contributed by atoms with E-state index in [0.717, 1.165) is 56.5 Å². The molecule has 0 unspecified atom stereocenters. The molecule has 0 saturated carbocycles. The molecule has 25 heavy (non-hydrogen) atoms. The summed E-state index contributed by atoms with van der Waals surface area (Å²) in [4.78, 5) is 16.9. The Morgan fingerprint density at radius 1 is 1.20 bits per heavy atom. The van der Waals surface area contributed by atoms with Crippen LogP contribution in [0.5, 0.6) is 0 Å². The maximum Gasteiger partial charge on any atom is 0.223 e. The Kier molecular flexibility index (Phi) is 7.48. The van der Waals surface area contributed by atoms with Crippen LogP contribution in [-0.2, 0) is 17.8 Å². The molecule has 0 spiro atoms. The fraction of sp³-hybridized carbons (Fsp3) is 0.619. The van der Waals surface area contributed by atoms with Crippen molar-refractivity contribution < 1.29 is 4.79 Å². The lowest BCUT2D eigenvalue weighted by Gasteiger charge is -2.13. The van der Waals surface area contributed by atoms with E-state index in [-0.39, 0.29) is 11.8 Å². The minimum atomic E-state index is 0.149. The first-order valence-corrected chi connectivity index (χ1v) is 9.78. The molecule has 0 atom stereocenters. The summed E-state index contributed by atoms with van der Waals surface area (Å²) in [7, 11) is 0. The van der Waals surface area contributed by atoms with Crippen LogP contribution in [0.4, 0.5) is 0 Å². The molecule has 4 nitrogen and oxygen atoms in total. The Bertz CT molecular complexity index is 671. The first-order valence-electron chi connectivity index (χ1n) is 9.78. The van der Waals surface area contributed by atoms with Gasteiger partial charge < -0.3 is 9.88 Å². The fourth-order valence-corrected chi connectivity index (χ4v) is 3.21. The molecule has 1 N–H and O–H groups in total. The van der Waals surface area contributed by atoms with Crippen molar-refractivity contribution in [2.45, 2.75) is 66.3 Å². The number of imidazole rings is 1. The lowest BCUT2D eigenvalue weighted by atomic mass is 10.0. The second-order valence-electron chi connectivity index (χ2n) is 7.26. The Morgan fingerprint density at radius 2 is 1.92 bits per heavy atom. The number of carbonyl (C=O) groups is 1. The molecule has 2 rings (SSSR count). The number of nitrogens with zero attached hydrogens (tertiary/aromatic N) is 2. The number of rotatable bonds is 10. The minimum absolute atomic E-state index is 0.149. The molecule has 0 aliphatic rings. The Morgan fingerprint density at radius 3 is 2.60 bits per heavy atom. The highest BCUT2D eigenvalue weighted by atomic mass is 16.1. The van der Waals surface area contributed by atoms with Gasteiger partial charge in [0, 0.05) is 25.4 Å². The van der Waals surface area contributed by atoms with E-state index in [1.807, 2.05) is 6.07 Å². The summed E-state index contributed by atoms with van der Waals surface area (Å²) in [6.07, 6.45) is 4.80. The predicted octanol–water partition coefficient (Wildman–Crippen LogP) is 4.57. The zero-order chi connectivity index (χ0) is 18.2. The number of fused-ring (bicyclic) bond motifs is 1. The third-order valence-corrected chi connectivity index (χ3v) is 4.90. The van der Waals surface area contributed by atoms with E-state index >= 15 is 0 Å². The summed E-state index contributed by atoms with van der Waals surface area (Å²) in [6, 6.07) is 8.36. The van der Waals surface area contributed by atoms with Crippen LogP contribution in [0.15, 0.2) is 24.3 Å². The molecular weight excluding hydrogens is 310 g/mol. The van der Waals surface area contributed by atoms with Crippen molar-refractivity contribution in [1.82, 2.24) is 14.9 Å². The summed E-state index contributed by atoms with van der Waals surface area (Å²) in [6.45, 7) is 10.4. The van der Waals surface area contributed by atoms with Crippen LogP contribution >= 0.6 is 0 Å². The van der Waals surface area contributed by atoms with E-state index in [4.69, 9.17) is 4.98 Å². The van der Waals surface area contributed by atoms with Gasteiger partial charge in [0.25, 0.3) is 0 Å². The molecule has 0 aliphatic heterocycles. The number of nitrogens with one attached hydrogen (secondary N) is 1. The van der Waals surface area contributed by atoms with Gasteiger partial charge in [0.1, 0.15) is 5.82 Å². The molecule has 2 aromatic rings. The molecule has 1 heterocycles. The maximum absolute atomic E-state index is 12.1. The molecule has 138 valence electrons. The van der Waals surface area contributed by atoms with E-state index in [2.05, 4.69) is 55.8 Å². The van der Waals surface area contributed by atoms with Gasteiger partial charge >= 0.3 is 0 Å². The van der Waals surface area contributed by atoms with Crippen molar-refractivity contribution in [1.29, 1.82) is 0 Å². The Hall–Kier alpha value is -1.84. The number of hydrogen-bond acceptors (Lipinski definition) is 2. The van der Waals surface area contributed by atoms with Gasteiger partial charge in [-0.3, -0.25) is 4.79 Å². The largest absolute Gasteiger partial charge is 0.356 e. The highest BCUT2D eigenvalue weighted by Crippen LogP contribution is 2.19. The average molecular weight is 344 g/mol. The van der Waals surface area contributed by atoms with Crippen molar-refractivity contribution in [3.05, 3.63) is 30.1 Å². The van der Waals surface area contributed by atoms with E-state index in [1.54, 1.807) is 0 Å². The zero-order valence-electron chi connectivity index (χ0n) is 16.2. The quantitative estimate of drug-likeness (QED) is 0.643. The third kappa shape index (κ3) is 5.32. The fourth-order valence-electron chi connectivity index (χ4n) is 3.21. The number of carbonyl (C=O) groups excluding carboxylic acids is 1. The van der Waals surface area contributed by atoms with Gasteiger partial charge in [-0.2, -0.15) is 0 Å². The lowest BCUT2D eigenvalue weighted by molar-refractivity contribution is -0.125. The van der Waals surface area contributed by atoms with Crippen LogP contribution in [0.3, 0.4) is 0 Å². The summed E-state index contributed by atoms with van der Waals surface area (Å²) >= 11 is 0. The number of aromatic nitrogens is 2. The van der Waals surface area contributed by atoms with Crippen molar-refractivity contribution in [2.75, 3.05) is 6.54 Å². The molecular formula is C21H33N3O. The van der Waals surface area contributed by atoms with Gasteiger partial charge in [-0.25, -0.2) is 4.98 Å². The minimum Gasteiger partial charge on any atom is -0.356 e. The van der Waals surface area contributed by atoms with Crippen LogP contribution in [0, 0.1) is 11.8 Å². The lowest BCUT2D eigenvalue weighted by Crippen LogP contribution is -2.31. The van der Waals surface area contributed by atoms with E-state index in [1.165, 1.54) is 5.52 Å². The number of amides is 1. The summed E-state index contributed by atoms with van der Waals surface area (Å²) < 4.78 is 2.36. The van der Waals surface area contributed by atoms with Crippen LogP contribution < -0.4 is 5.32 Å². The smallest absolute Gasteiger partial charge is 0.223 e. The van der Waals surface area contributed by atoms with Crippen LogP contribution in [0.2, 0.25) is 0 Å². The van der Waals surface area contributed by atoms with Gasteiger partial charge in [-0.05, 0) is 43.7 Å². The second-order valence-corrected chi connectivity index (χ2v) is 7.26. The van der Waals surface area contributed by atoms with Gasteiger partial charge in [0.2, 0.25) is 5.91 Å². The Labute approximate surface area is 152 Å². The molecule has 0 saturated heterocycles. The van der Waals surface area contributed by atoms with Crippen LogP contribution in [-0.4, -0.2) is 22.0 Å². The van der Waals surface area contributed by atoms with Crippen molar-refractivity contribution in [2.24, 2.45) is 11.8 Å².